The normalized spacial score (nSPS) is 10.9. The number of carbonyl (C=O) groups excluding carboxylic acids is 1. The second kappa shape index (κ2) is 11.2. The number of aryl methyl sites for hydroxylation is 1. The lowest BCUT2D eigenvalue weighted by Crippen LogP contribution is -2.27. The molecule has 2 aromatic rings. The van der Waals surface area contributed by atoms with Gasteiger partial charge in [0, 0.05) is 24.8 Å². The minimum atomic E-state index is -0.0277. The maximum absolute atomic E-state index is 12.0. The Labute approximate surface area is 163 Å². The fraction of sp³-hybridized carbons (Fsp3) is 0.500. The van der Waals surface area contributed by atoms with Crippen LogP contribution in [0.15, 0.2) is 29.7 Å². The zero-order valence-electron chi connectivity index (χ0n) is 15.2. The van der Waals surface area contributed by atoms with Gasteiger partial charge in [-0.15, -0.1) is 10.2 Å². The Morgan fingerprint density at radius 3 is 2.92 bits per heavy atom. The molecule has 1 amide bonds. The first-order chi connectivity index (χ1) is 12.6. The number of amides is 1. The summed E-state index contributed by atoms with van der Waals surface area (Å²) >= 11 is 7.53. The molecule has 2 rings (SSSR count). The van der Waals surface area contributed by atoms with Crippen molar-refractivity contribution in [2.45, 2.75) is 38.3 Å². The zero-order valence-corrected chi connectivity index (χ0v) is 16.8. The topological polar surface area (TPSA) is 69.0 Å². The molecule has 0 aliphatic heterocycles. The fourth-order valence-electron chi connectivity index (χ4n) is 2.16. The second-order valence-corrected chi connectivity index (χ2v) is 7.22. The van der Waals surface area contributed by atoms with Crippen LogP contribution in [0.25, 0.3) is 5.69 Å². The SMILES string of the molecule is CCCCOCCCNC(=O)CSc1nncn1-c1ccc(C)c(Cl)c1. The smallest absolute Gasteiger partial charge is 0.230 e. The van der Waals surface area contributed by atoms with E-state index in [0.717, 1.165) is 37.1 Å². The predicted molar refractivity (Wildman–Crippen MR) is 105 cm³/mol. The number of unbranched alkanes of at least 4 members (excludes halogenated alkanes) is 1. The highest BCUT2D eigenvalue weighted by Crippen LogP contribution is 2.23. The monoisotopic (exact) mass is 396 g/mol. The third kappa shape index (κ3) is 6.63. The Morgan fingerprint density at radius 1 is 1.35 bits per heavy atom. The first-order valence-corrected chi connectivity index (χ1v) is 10.1. The second-order valence-electron chi connectivity index (χ2n) is 5.88. The summed E-state index contributed by atoms with van der Waals surface area (Å²) < 4.78 is 7.29. The van der Waals surface area contributed by atoms with Crippen LogP contribution in [-0.2, 0) is 9.53 Å². The number of rotatable bonds is 11. The third-order valence-electron chi connectivity index (χ3n) is 3.71. The Bertz CT molecular complexity index is 708. The van der Waals surface area contributed by atoms with E-state index < -0.39 is 0 Å². The summed E-state index contributed by atoms with van der Waals surface area (Å²) in [6.07, 6.45) is 4.65. The number of nitrogens with one attached hydrogen (secondary N) is 1. The summed E-state index contributed by atoms with van der Waals surface area (Å²) in [5.74, 6) is 0.259. The maximum Gasteiger partial charge on any atom is 0.230 e. The first kappa shape index (κ1) is 20.7. The van der Waals surface area contributed by atoms with E-state index >= 15 is 0 Å². The molecule has 1 aromatic carbocycles. The predicted octanol–water partition coefficient (Wildman–Crippen LogP) is 3.64. The number of benzene rings is 1. The largest absolute Gasteiger partial charge is 0.381 e. The van der Waals surface area contributed by atoms with Gasteiger partial charge in [-0.2, -0.15) is 0 Å². The van der Waals surface area contributed by atoms with Crippen LogP contribution in [0.4, 0.5) is 0 Å². The summed E-state index contributed by atoms with van der Waals surface area (Å²) in [7, 11) is 0. The van der Waals surface area contributed by atoms with Crippen molar-refractivity contribution in [1.82, 2.24) is 20.1 Å². The number of thioether (sulfide) groups is 1. The van der Waals surface area contributed by atoms with Crippen LogP contribution in [0.2, 0.25) is 5.02 Å². The molecular formula is C18H25ClN4O2S. The van der Waals surface area contributed by atoms with Crippen molar-refractivity contribution in [1.29, 1.82) is 0 Å². The molecule has 8 heteroatoms. The van der Waals surface area contributed by atoms with Gasteiger partial charge in [-0.3, -0.25) is 9.36 Å². The molecular weight excluding hydrogens is 372 g/mol. The van der Waals surface area contributed by atoms with Crippen molar-refractivity contribution in [3.05, 3.63) is 35.1 Å². The van der Waals surface area contributed by atoms with Crippen molar-refractivity contribution in [3.63, 3.8) is 0 Å². The number of carbonyl (C=O) groups is 1. The Balaban J connectivity index is 1.75. The van der Waals surface area contributed by atoms with Crippen LogP contribution in [0, 0.1) is 6.92 Å². The van der Waals surface area contributed by atoms with Crippen molar-refractivity contribution in [2.75, 3.05) is 25.5 Å². The van der Waals surface area contributed by atoms with Gasteiger partial charge in [-0.25, -0.2) is 0 Å². The van der Waals surface area contributed by atoms with Crippen molar-refractivity contribution < 1.29 is 9.53 Å². The lowest BCUT2D eigenvalue weighted by Gasteiger charge is -2.08. The van der Waals surface area contributed by atoms with Gasteiger partial charge in [-0.1, -0.05) is 42.8 Å². The quantitative estimate of drug-likeness (QED) is 0.463. The summed E-state index contributed by atoms with van der Waals surface area (Å²) in [4.78, 5) is 12.0. The van der Waals surface area contributed by atoms with E-state index in [9.17, 15) is 4.79 Å². The van der Waals surface area contributed by atoms with Gasteiger partial charge >= 0.3 is 0 Å². The number of aromatic nitrogens is 3. The molecule has 0 bridgehead atoms. The molecule has 0 unspecified atom stereocenters. The van der Waals surface area contributed by atoms with E-state index in [4.69, 9.17) is 16.3 Å². The van der Waals surface area contributed by atoms with Crippen molar-refractivity contribution >= 4 is 29.3 Å². The van der Waals surface area contributed by atoms with Gasteiger partial charge in [0.1, 0.15) is 6.33 Å². The maximum atomic E-state index is 12.0. The molecule has 0 radical (unpaired) electrons. The molecule has 6 nitrogen and oxygen atoms in total. The van der Waals surface area contributed by atoms with E-state index in [1.165, 1.54) is 11.8 Å². The van der Waals surface area contributed by atoms with Crippen LogP contribution in [-0.4, -0.2) is 46.2 Å². The Kier molecular flexibility index (Phi) is 8.94. The average Bonchev–Trinajstić information content (AvgIpc) is 3.10. The number of ether oxygens (including phenoxy) is 1. The van der Waals surface area contributed by atoms with E-state index in [2.05, 4.69) is 22.4 Å². The van der Waals surface area contributed by atoms with E-state index in [1.54, 1.807) is 6.33 Å². The van der Waals surface area contributed by atoms with E-state index in [-0.39, 0.29) is 11.7 Å². The molecule has 0 fully saturated rings. The molecule has 1 N–H and O–H groups in total. The lowest BCUT2D eigenvalue weighted by atomic mass is 10.2. The van der Waals surface area contributed by atoms with Crippen LogP contribution >= 0.6 is 23.4 Å². The third-order valence-corrected chi connectivity index (χ3v) is 5.06. The van der Waals surface area contributed by atoms with Gasteiger partial charge in [0.15, 0.2) is 5.16 Å². The number of halogens is 1. The number of nitrogens with zero attached hydrogens (tertiary/aromatic N) is 3. The molecule has 0 atom stereocenters. The summed E-state index contributed by atoms with van der Waals surface area (Å²) in [5, 5.41) is 12.3. The van der Waals surface area contributed by atoms with Crippen molar-refractivity contribution in [2.24, 2.45) is 0 Å². The molecule has 0 spiro atoms. The molecule has 0 saturated carbocycles. The summed E-state index contributed by atoms with van der Waals surface area (Å²) in [6, 6.07) is 5.76. The summed E-state index contributed by atoms with van der Waals surface area (Å²) in [5.41, 5.74) is 1.88. The zero-order chi connectivity index (χ0) is 18.8. The van der Waals surface area contributed by atoms with Crippen molar-refractivity contribution in [3.8, 4) is 5.69 Å². The van der Waals surface area contributed by atoms with Gasteiger partial charge in [0.25, 0.3) is 0 Å². The van der Waals surface area contributed by atoms with Crippen LogP contribution in [0.1, 0.15) is 31.7 Å². The minimum absolute atomic E-state index is 0.0277. The molecule has 0 saturated heterocycles. The van der Waals surface area contributed by atoms with E-state index in [0.29, 0.717) is 23.3 Å². The van der Waals surface area contributed by atoms with E-state index in [1.807, 2.05) is 29.7 Å². The van der Waals surface area contributed by atoms with Crippen LogP contribution < -0.4 is 5.32 Å². The van der Waals surface area contributed by atoms with Gasteiger partial charge in [0.05, 0.1) is 11.4 Å². The number of hydrogen-bond donors (Lipinski definition) is 1. The Hall–Kier alpha value is -1.57. The molecule has 0 aliphatic carbocycles. The summed E-state index contributed by atoms with van der Waals surface area (Å²) in [6.45, 7) is 6.17. The highest BCUT2D eigenvalue weighted by atomic mass is 35.5. The number of hydrogen-bond acceptors (Lipinski definition) is 5. The molecule has 1 aromatic heterocycles. The standard InChI is InChI=1S/C18H25ClN4O2S/c1-3-4-9-25-10-5-8-20-17(24)12-26-18-22-21-13-23(18)15-7-6-14(2)16(19)11-15/h6-7,11,13H,3-5,8-10,12H2,1-2H3,(H,20,24). The average molecular weight is 397 g/mol. The highest BCUT2D eigenvalue weighted by molar-refractivity contribution is 7.99. The molecule has 142 valence electrons. The van der Waals surface area contributed by atoms with Gasteiger partial charge in [-0.05, 0) is 37.5 Å². The minimum Gasteiger partial charge on any atom is -0.381 e. The van der Waals surface area contributed by atoms with Gasteiger partial charge < -0.3 is 10.1 Å². The van der Waals surface area contributed by atoms with Crippen LogP contribution in [0.5, 0.6) is 0 Å². The highest BCUT2D eigenvalue weighted by Gasteiger charge is 2.10. The van der Waals surface area contributed by atoms with Crippen LogP contribution in [0.3, 0.4) is 0 Å². The fourth-order valence-corrected chi connectivity index (χ4v) is 3.10. The molecule has 0 aliphatic rings. The lowest BCUT2D eigenvalue weighted by molar-refractivity contribution is -0.118. The molecule has 26 heavy (non-hydrogen) atoms. The molecule has 1 heterocycles. The first-order valence-electron chi connectivity index (χ1n) is 8.75. The van der Waals surface area contributed by atoms with Gasteiger partial charge in [0.2, 0.25) is 5.91 Å². The Morgan fingerprint density at radius 2 is 2.15 bits per heavy atom.